The predicted octanol–water partition coefficient (Wildman–Crippen LogP) is 0.639. The molecule has 0 unspecified atom stereocenters. The number of hydrogen-bond acceptors (Lipinski definition) is 5. The summed E-state index contributed by atoms with van der Waals surface area (Å²) in [6, 6.07) is 6.53. The molecule has 0 aromatic heterocycles. The van der Waals surface area contributed by atoms with Gasteiger partial charge in [0.1, 0.15) is 6.04 Å². The second-order valence-electron chi connectivity index (χ2n) is 4.93. The number of carbonyl (C=O) groups is 2. The molecule has 0 spiro atoms. The van der Waals surface area contributed by atoms with Gasteiger partial charge in [0.05, 0.1) is 31.9 Å². The van der Waals surface area contributed by atoms with E-state index in [2.05, 4.69) is 15.4 Å². The summed E-state index contributed by atoms with van der Waals surface area (Å²) in [5.74, 6) is -0.457. The fourth-order valence-corrected chi connectivity index (χ4v) is 2.16. The van der Waals surface area contributed by atoms with Crippen molar-refractivity contribution in [1.29, 1.82) is 0 Å². The van der Waals surface area contributed by atoms with E-state index in [1.54, 1.807) is 12.1 Å². The number of hydrogen-bond donors (Lipinski definition) is 2. The molecule has 1 saturated heterocycles. The lowest BCUT2D eigenvalue weighted by Crippen LogP contribution is -2.51. The number of amides is 1. The minimum Gasteiger partial charge on any atom is -0.465 e. The maximum absolute atomic E-state index is 12.1. The monoisotopic (exact) mass is 292 g/mol. The molecule has 6 heteroatoms. The summed E-state index contributed by atoms with van der Waals surface area (Å²) in [6.45, 7) is 3.60. The van der Waals surface area contributed by atoms with Crippen LogP contribution in [-0.2, 0) is 14.3 Å². The zero-order valence-electron chi connectivity index (χ0n) is 12.2. The Kier molecular flexibility index (Phi) is 5.30. The average molecular weight is 292 g/mol. The van der Waals surface area contributed by atoms with Gasteiger partial charge in [0, 0.05) is 6.54 Å². The van der Waals surface area contributed by atoms with E-state index in [-0.39, 0.29) is 24.0 Å². The molecule has 1 heterocycles. The molecular formula is C15H20N2O4. The van der Waals surface area contributed by atoms with Crippen molar-refractivity contribution in [2.45, 2.75) is 19.0 Å². The van der Waals surface area contributed by atoms with Crippen LogP contribution in [0.3, 0.4) is 0 Å². The van der Waals surface area contributed by atoms with Gasteiger partial charge in [-0.3, -0.25) is 4.79 Å². The fourth-order valence-electron chi connectivity index (χ4n) is 2.16. The van der Waals surface area contributed by atoms with Gasteiger partial charge in [-0.25, -0.2) is 4.79 Å². The minimum atomic E-state index is -0.373. The molecule has 114 valence electrons. The molecule has 2 rings (SSSR count). The Morgan fingerprint density at radius 3 is 2.67 bits per heavy atom. The Labute approximate surface area is 123 Å². The smallest absolute Gasteiger partial charge is 0.337 e. The third-order valence-electron chi connectivity index (χ3n) is 3.43. The van der Waals surface area contributed by atoms with E-state index in [1.807, 2.05) is 19.1 Å². The highest BCUT2D eigenvalue weighted by Gasteiger charge is 2.22. The third kappa shape index (κ3) is 4.03. The molecule has 6 nitrogen and oxygen atoms in total. The topological polar surface area (TPSA) is 76.7 Å². The number of rotatable bonds is 4. The van der Waals surface area contributed by atoms with Crippen LogP contribution in [0.2, 0.25) is 0 Å². The van der Waals surface area contributed by atoms with Gasteiger partial charge < -0.3 is 20.1 Å². The van der Waals surface area contributed by atoms with Crippen LogP contribution in [0.25, 0.3) is 0 Å². The third-order valence-corrected chi connectivity index (χ3v) is 3.43. The number of benzene rings is 1. The second-order valence-corrected chi connectivity index (χ2v) is 4.93. The molecule has 0 bridgehead atoms. The van der Waals surface area contributed by atoms with Crippen LogP contribution in [-0.4, -0.2) is 44.8 Å². The molecule has 0 saturated carbocycles. The van der Waals surface area contributed by atoms with Gasteiger partial charge in [-0.1, -0.05) is 12.1 Å². The van der Waals surface area contributed by atoms with E-state index in [0.29, 0.717) is 25.3 Å². The van der Waals surface area contributed by atoms with Gasteiger partial charge in [0.2, 0.25) is 5.91 Å². The average Bonchev–Trinajstić information content (AvgIpc) is 2.55. The first-order valence-corrected chi connectivity index (χ1v) is 6.91. The molecule has 1 amide bonds. The van der Waals surface area contributed by atoms with Crippen molar-refractivity contribution in [3.8, 4) is 0 Å². The highest BCUT2D eigenvalue weighted by atomic mass is 16.5. The normalized spacial score (nSPS) is 19.6. The number of morpholine rings is 1. The van der Waals surface area contributed by atoms with Gasteiger partial charge in [-0.05, 0) is 24.6 Å². The first-order valence-electron chi connectivity index (χ1n) is 6.91. The quantitative estimate of drug-likeness (QED) is 0.796. The summed E-state index contributed by atoms with van der Waals surface area (Å²) in [7, 11) is 1.35. The summed E-state index contributed by atoms with van der Waals surface area (Å²) in [6.07, 6.45) is 0. The number of ether oxygens (including phenoxy) is 2. The lowest BCUT2D eigenvalue weighted by atomic mass is 10.1. The van der Waals surface area contributed by atoms with Gasteiger partial charge >= 0.3 is 5.97 Å². The zero-order chi connectivity index (χ0) is 15.2. The van der Waals surface area contributed by atoms with Crippen molar-refractivity contribution in [3.05, 3.63) is 35.4 Å². The minimum absolute atomic E-state index is 0.0840. The summed E-state index contributed by atoms with van der Waals surface area (Å²) in [5, 5.41) is 6.04. The van der Waals surface area contributed by atoms with E-state index >= 15 is 0 Å². The van der Waals surface area contributed by atoms with Crippen molar-refractivity contribution in [2.75, 3.05) is 26.9 Å². The number of methoxy groups -OCH3 is 1. The number of carbonyl (C=O) groups excluding carboxylic acids is 2. The van der Waals surface area contributed by atoms with Crippen LogP contribution < -0.4 is 10.6 Å². The number of nitrogens with one attached hydrogen (secondary N) is 2. The lowest BCUT2D eigenvalue weighted by Gasteiger charge is -2.25. The molecule has 0 aliphatic carbocycles. The molecule has 1 aliphatic heterocycles. The Bertz CT molecular complexity index is 495. The van der Waals surface area contributed by atoms with Crippen LogP contribution in [0.1, 0.15) is 28.9 Å². The molecule has 1 fully saturated rings. The maximum atomic E-state index is 12.1. The summed E-state index contributed by atoms with van der Waals surface area (Å²) in [4.78, 5) is 23.4. The van der Waals surface area contributed by atoms with Crippen LogP contribution in [0.15, 0.2) is 24.3 Å². The first kappa shape index (κ1) is 15.5. The van der Waals surface area contributed by atoms with Crippen LogP contribution in [0, 0.1) is 0 Å². The largest absolute Gasteiger partial charge is 0.465 e. The van der Waals surface area contributed by atoms with Gasteiger partial charge in [0.25, 0.3) is 0 Å². The van der Waals surface area contributed by atoms with E-state index in [9.17, 15) is 9.59 Å². The van der Waals surface area contributed by atoms with E-state index < -0.39 is 0 Å². The first-order chi connectivity index (χ1) is 10.1. The van der Waals surface area contributed by atoms with Crippen LogP contribution >= 0.6 is 0 Å². The van der Waals surface area contributed by atoms with Gasteiger partial charge in [0.15, 0.2) is 0 Å². The SMILES string of the molecule is COC(=O)c1ccc([C@@H](C)NC(=O)[C@@H]2COCCN2)cc1. The highest BCUT2D eigenvalue weighted by molar-refractivity contribution is 5.89. The van der Waals surface area contributed by atoms with Gasteiger partial charge in [-0.2, -0.15) is 0 Å². The molecule has 0 radical (unpaired) electrons. The van der Waals surface area contributed by atoms with E-state index in [1.165, 1.54) is 7.11 Å². The van der Waals surface area contributed by atoms with Crippen molar-refractivity contribution in [1.82, 2.24) is 10.6 Å². The molecule has 2 atom stereocenters. The number of esters is 1. The standard InChI is InChI=1S/C15H20N2O4/c1-10(17-14(18)13-9-21-8-7-16-13)11-3-5-12(6-4-11)15(19)20-2/h3-6,10,13,16H,7-9H2,1-2H3,(H,17,18)/t10-,13+/m1/s1. The van der Waals surface area contributed by atoms with Crippen LogP contribution in [0.4, 0.5) is 0 Å². The van der Waals surface area contributed by atoms with Crippen molar-refractivity contribution >= 4 is 11.9 Å². The Hall–Kier alpha value is -1.92. The van der Waals surface area contributed by atoms with Gasteiger partial charge in [-0.15, -0.1) is 0 Å². The Morgan fingerprint density at radius 2 is 2.10 bits per heavy atom. The molecule has 1 aromatic carbocycles. The maximum Gasteiger partial charge on any atom is 0.337 e. The van der Waals surface area contributed by atoms with E-state index in [4.69, 9.17) is 4.74 Å². The molecule has 1 aliphatic rings. The molecule has 1 aromatic rings. The predicted molar refractivity (Wildman–Crippen MR) is 76.9 cm³/mol. The lowest BCUT2D eigenvalue weighted by molar-refractivity contribution is -0.126. The van der Waals surface area contributed by atoms with Crippen molar-refractivity contribution in [2.24, 2.45) is 0 Å². The summed E-state index contributed by atoms with van der Waals surface area (Å²) in [5.41, 5.74) is 1.41. The zero-order valence-corrected chi connectivity index (χ0v) is 12.2. The second kappa shape index (κ2) is 7.19. The Morgan fingerprint density at radius 1 is 1.38 bits per heavy atom. The highest BCUT2D eigenvalue weighted by Crippen LogP contribution is 2.14. The molecule has 2 N–H and O–H groups in total. The van der Waals surface area contributed by atoms with Crippen molar-refractivity contribution < 1.29 is 19.1 Å². The molecule has 21 heavy (non-hydrogen) atoms. The van der Waals surface area contributed by atoms with Crippen molar-refractivity contribution in [3.63, 3.8) is 0 Å². The fraction of sp³-hybridized carbons (Fsp3) is 0.467. The summed E-state index contributed by atoms with van der Waals surface area (Å²) < 4.78 is 9.92. The summed E-state index contributed by atoms with van der Waals surface area (Å²) >= 11 is 0. The molecular weight excluding hydrogens is 272 g/mol. The Balaban J connectivity index is 1.94. The van der Waals surface area contributed by atoms with Crippen LogP contribution in [0.5, 0.6) is 0 Å². The van der Waals surface area contributed by atoms with E-state index in [0.717, 1.165) is 5.56 Å².